The summed E-state index contributed by atoms with van der Waals surface area (Å²) in [4.78, 5) is 35.6. The van der Waals surface area contributed by atoms with Gasteiger partial charge in [-0.3, -0.25) is 9.59 Å². The van der Waals surface area contributed by atoms with E-state index in [1.807, 2.05) is 18.2 Å². The number of nitrogens with one attached hydrogen (secondary N) is 3. The highest BCUT2D eigenvalue weighted by molar-refractivity contribution is 5.91. The molecule has 3 amide bonds. The van der Waals surface area contributed by atoms with E-state index in [2.05, 4.69) is 27.8 Å². The molecule has 0 aliphatic rings. The fourth-order valence-electron chi connectivity index (χ4n) is 1.78. The van der Waals surface area contributed by atoms with Crippen molar-refractivity contribution in [3.8, 4) is 24.7 Å². The minimum atomic E-state index is -1.13. The van der Waals surface area contributed by atoms with E-state index in [1.165, 1.54) is 0 Å². The van der Waals surface area contributed by atoms with Gasteiger partial charge in [0.15, 0.2) is 0 Å². The first-order valence-electron chi connectivity index (χ1n) is 7.45. The van der Waals surface area contributed by atoms with E-state index >= 15 is 0 Å². The number of carbonyl (C=O) groups is 3. The number of terminal acetylenes is 2. The van der Waals surface area contributed by atoms with E-state index in [1.54, 1.807) is 12.1 Å². The molecule has 0 saturated heterocycles. The third kappa shape index (κ3) is 8.10. The Hall–Kier alpha value is -3.45. The van der Waals surface area contributed by atoms with Gasteiger partial charge in [-0.25, -0.2) is 4.79 Å². The van der Waals surface area contributed by atoms with Gasteiger partial charge in [-0.2, -0.15) is 0 Å². The predicted molar refractivity (Wildman–Crippen MR) is 91.9 cm³/mol. The summed E-state index contributed by atoms with van der Waals surface area (Å²) in [5.41, 5.74) is 0.790. The Balaban J connectivity index is 2.59. The highest BCUT2D eigenvalue weighted by Crippen LogP contribution is 2.01. The molecule has 25 heavy (non-hydrogen) atoms. The molecule has 0 radical (unpaired) electrons. The molecule has 0 bridgehead atoms. The lowest BCUT2D eigenvalue weighted by Gasteiger charge is -2.17. The lowest BCUT2D eigenvalue weighted by molar-refractivity contribution is -0.128. The molecule has 0 heterocycles. The van der Waals surface area contributed by atoms with Crippen LogP contribution in [0.1, 0.15) is 12.0 Å². The maximum Gasteiger partial charge on any atom is 0.408 e. The summed E-state index contributed by atoms with van der Waals surface area (Å²) >= 11 is 0. The second-order valence-corrected chi connectivity index (χ2v) is 4.87. The summed E-state index contributed by atoms with van der Waals surface area (Å²) in [6.45, 7) is 0.0344. The largest absolute Gasteiger partial charge is 0.445 e. The van der Waals surface area contributed by atoms with Crippen LogP contribution in [0.4, 0.5) is 4.79 Å². The standard InChI is InChI=1S/C18H19N3O4/c1-3-10-19-16(22)12-15(17(23)20-11-4-2)21-18(24)25-13-14-8-6-5-7-9-14/h1-2,5-9,15H,10-13H2,(H,19,22)(H,20,23)(H,21,24). The predicted octanol–water partition coefficient (Wildman–Crippen LogP) is 0.170. The SMILES string of the molecule is C#CCNC(=O)CC(NC(=O)OCc1ccccc1)C(=O)NCC#C. The molecule has 130 valence electrons. The first kappa shape index (κ1) is 19.6. The van der Waals surface area contributed by atoms with Crippen LogP contribution < -0.4 is 16.0 Å². The minimum Gasteiger partial charge on any atom is -0.445 e. The van der Waals surface area contributed by atoms with Gasteiger partial charge in [-0.05, 0) is 5.56 Å². The Morgan fingerprint density at radius 2 is 1.68 bits per heavy atom. The topological polar surface area (TPSA) is 96.5 Å². The van der Waals surface area contributed by atoms with Crippen LogP contribution in [-0.2, 0) is 20.9 Å². The maximum absolute atomic E-state index is 12.0. The number of alkyl carbamates (subject to hydrolysis) is 1. The fourth-order valence-corrected chi connectivity index (χ4v) is 1.78. The average molecular weight is 341 g/mol. The van der Waals surface area contributed by atoms with Crippen LogP contribution in [0.5, 0.6) is 0 Å². The monoisotopic (exact) mass is 341 g/mol. The lowest BCUT2D eigenvalue weighted by Crippen LogP contribution is -2.49. The Morgan fingerprint density at radius 1 is 1.04 bits per heavy atom. The molecule has 1 rings (SSSR count). The number of ether oxygens (including phenoxy) is 1. The summed E-state index contributed by atoms with van der Waals surface area (Å²) in [5, 5.41) is 7.17. The number of carbonyl (C=O) groups excluding carboxylic acids is 3. The van der Waals surface area contributed by atoms with E-state index in [-0.39, 0.29) is 26.1 Å². The van der Waals surface area contributed by atoms with Crippen LogP contribution in [0.2, 0.25) is 0 Å². The molecule has 0 aliphatic carbocycles. The molecule has 0 spiro atoms. The smallest absolute Gasteiger partial charge is 0.408 e. The number of benzene rings is 1. The van der Waals surface area contributed by atoms with Gasteiger partial charge in [0.05, 0.1) is 19.5 Å². The number of amides is 3. The molecular formula is C18H19N3O4. The van der Waals surface area contributed by atoms with Crippen molar-refractivity contribution >= 4 is 17.9 Å². The second-order valence-electron chi connectivity index (χ2n) is 4.87. The van der Waals surface area contributed by atoms with Crippen molar-refractivity contribution in [1.29, 1.82) is 0 Å². The molecule has 7 nitrogen and oxygen atoms in total. The molecule has 3 N–H and O–H groups in total. The molecular weight excluding hydrogens is 322 g/mol. The molecule has 7 heteroatoms. The Labute approximate surface area is 146 Å². The van der Waals surface area contributed by atoms with E-state index in [0.29, 0.717) is 0 Å². The van der Waals surface area contributed by atoms with E-state index < -0.39 is 23.9 Å². The fraction of sp³-hybridized carbons (Fsp3) is 0.278. The van der Waals surface area contributed by atoms with Gasteiger partial charge in [-0.1, -0.05) is 42.2 Å². The first-order valence-corrected chi connectivity index (χ1v) is 7.45. The second kappa shape index (κ2) is 11.1. The van der Waals surface area contributed by atoms with Gasteiger partial charge in [0, 0.05) is 0 Å². The minimum absolute atomic E-state index is 0.0238. The Kier molecular flexibility index (Phi) is 8.73. The van der Waals surface area contributed by atoms with E-state index in [4.69, 9.17) is 17.6 Å². The van der Waals surface area contributed by atoms with Crippen LogP contribution in [0, 0.1) is 24.7 Å². The summed E-state index contributed by atoms with van der Waals surface area (Å²) < 4.78 is 5.04. The van der Waals surface area contributed by atoms with E-state index in [0.717, 1.165) is 5.56 Å². The number of hydrogen-bond donors (Lipinski definition) is 3. The van der Waals surface area contributed by atoms with Crippen LogP contribution in [0.3, 0.4) is 0 Å². The zero-order chi connectivity index (χ0) is 18.5. The maximum atomic E-state index is 12.0. The van der Waals surface area contributed by atoms with Gasteiger partial charge in [0.25, 0.3) is 0 Å². The average Bonchev–Trinajstić information content (AvgIpc) is 2.63. The summed E-state index contributed by atoms with van der Waals surface area (Å²) in [6.07, 6.45) is 9.01. The zero-order valence-corrected chi connectivity index (χ0v) is 13.6. The van der Waals surface area contributed by atoms with Crippen LogP contribution in [0.25, 0.3) is 0 Å². The highest BCUT2D eigenvalue weighted by atomic mass is 16.5. The Bertz CT molecular complexity index is 674. The number of hydrogen-bond acceptors (Lipinski definition) is 4. The zero-order valence-electron chi connectivity index (χ0n) is 13.6. The van der Waals surface area contributed by atoms with Gasteiger partial charge in [0.2, 0.25) is 11.8 Å². The third-order valence-corrected chi connectivity index (χ3v) is 2.96. The van der Waals surface area contributed by atoms with Gasteiger partial charge in [0.1, 0.15) is 12.6 Å². The van der Waals surface area contributed by atoms with Crippen molar-refractivity contribution in [2.45, 2.75) is 19.1 Å². The Morgan fingerprint density at radius 3 is 2.32 bits per heavy atom. The van der Waals surface area contributed by atoms with Crippen molar-refractivity contribution in [2.75, 3.05) is 13.1 Å². The van der Waals surface area contributed by atoms with Gasteiger partial charge >= 0.3 is 6.09 Å². The van der Waals surface area contributed by atoms with Gasteiger partial charge < -0.3 is 20.7 Å². The van der Waals surface area contributed by atoms with Crippen molar-refractivity contribution in [2.24, 2.45) is 0 Å². The summed E-state index contributed by atoms with van der Waals surface area (Å²) in [7, 11) is 0. The molecule has 0 saturated carbocycles. The third-order valence-electron chi connectivity index (χ3n) is 2.96. The van der Waals surface area contributed by atoms with Crippen molar-refractivity contribution in [1.82, 2.24) is 16.0 Å². The lowest BCUT2D eigenvalue weighted by atomic mass is 10.2. The highest BCUT2D eigenvalue weighted by Gasteiger charge is 2.24. The quantitative estimate of drug-likeness (QED) is 0.587. The summed E-state index contributed by atoms with van der Waals surface area (Å²) in [6, 6.07) is 7.90. The normalized spacial score (nSPS) is 10.5. The first-order chi connectivity index (χ1) is 12.1. The van der Waals surface area contributed by atoms with E-state index in [9.17, 15) is 14.4 Å². The van der Waals surface area contributed by atoms with Crippen molar-refractivity contribution in [3.63, 3.8) is 0 Å². The van der Waals surface area contributed by atoms with Gasteiger partial charge in [-0.15, -0.1) is 12.8 Å². The molecule has 1 unspecified atom stereocenters. The van der Waals surface area contributed by atoms with Crippen molar-refractivity contribution in [3.05, 3.63) is 35.9 Å². The molecule has 1 atom stereocenters. The molecule has 1 aromatic rings. The van der Waals surface area contributed by atoms with Crippen LogP contribution in [-0.4, -0.2) is 37.0 Å². The molecule has 0 fully saturated rings. The van der Waals surface area contributed by atoms with Crippen LogP contribution >= 0.6 is 0 Å². The summed E-state index contributed by atoms with van der Waals surface area (Å²) in [5.74, 6) is 3.41. The number of rotatable bonds is 8. The van der Waals surface area contributed by atoms with Crippen LogP contribution in [0.15, 0.2) is 30.3 Å². The molecule has 1 aromatic carbocycles. The molecule has 0 aliphatic heterocycles. The molecule has 0 aromatic heterocycles. The van der Waals surface area contributed by atoms with Crippen molar-refractivity contribution < 1.29 is 19.1 Å².